The van der Waals surface area contributed by atoms with Gasteiger partial charge in [-0.05, 0) is 24.0 Å². The molecule has 1 atom stereocenters. The van der Waals surface area contributed by atoms with E-state index in [1.807, 2.05) is 6.92 Å². The maximum absolute atomic E-state index is 13.7. The number of rotatable bonds is 5. The van der Waals surface area contributed by atoms with E-state index in [1.54, 1.807) is 6.07 Å². The molecular weight excluding hydrogens is 231 g/mol. The molecule has 0 bridgehead atoms. The van der Waals surface area contributed by atoms with Crippen LogP contribution in [-0.4, -0.2) is 20.1 Å². The van der Waals surface area contributed by atoms with Crippen molar-refractivity contribution < 1.29 is 13.9 Å². The first-order valence-corrected chi connectivity index (χ1v) is 5.64. The largest absolute Gasteiger partial charge is 0.493 e. The van der Waals surface area contributed by atoms with Gasteiger partial charge in [0.25, 0.3) is 0 Å². The lowest BCUT2D eigenvalue weighted by molar-refractivity contribution is 0.351. The first kappa shape index (κ1) is 13.1. The van der Waals surface area contributed by atoms with Crippen molar-refractivity contribution in [2.24, 2.45) is 0 Å². The van der Waals surface area contributed by atoms with Gasteiger partial charge in [-0.25, -0.2) is 4.39 Å². The van der Waals surface area contributed by atoms with Crippen LogP contribution in [0.25, 0.3) is 0 Å². The quantitative estimate of drug-likeness (QED) is 0.740. The van der Waals surface area contributed by atoms with Crippen molar-refractivity contribution in [2.45, 2.75) is 19.3 Å². The summed E-state index contributed by atoms with van der Waals surface area (Å²) in [6, 6.07) is 3.02. The fraction of sp³-hybridized carbons (Fsp3) is 0.500. The second-order valence-electron chi connectivity index (χ2n) is 3.61. The minimum absolute atomic E-state index is 0.0670. The molecule has 0 spiro atoms. The van der Waals surface area contributed by atoms with Gasteiger partial charge in [0.2, 0.25) is 0 Å². The van der Waals surface area contributed by atoms with Gasteiger partial charge in [0, 0.05) is 11.9 Å². The average Bonchev–Trinajstić information content (AvgIpc) is 2.28. The number of alkyl halides is 1. The Morgan fingerprint density at radius 2 is 1.81 bits per heavy atom. The Bertz CT molecular complexity index is 355. The summed E-state index contributed by atoms with van der Waals surface area (Å²) in [5, 5.41) is 0. The van der Waals surface area contributed by atoms with Crippen LogP contribution in [0, 0.1) is 5.82 Å². The summed E-state index contributed by atoms with van der Waals surface area (Å²) in [5.74, 6) is 1.24. The molecule has 0 fully saturated rings. The summed E-state index contributed by atoms with van der Waals surface area (Å²) in [6.07, 6.45) is 0.730. The molecule has 0 aromatic heterocycles. The molecule has 0 heterocycles. The lowest BCUT2D eigenvalue weighted by Gasteiger charge is -2.15. The van der Waals surface area contributed by atoms with E-state index in [0.29, 0.717) is 22.9 Å². The van der Waals surface area contributed by atoms with E-state index in [4.69, 9.17) is 21.1 Å². The fourth-order valence-corrected chi connectivity index (χ4v) is 1.89. The molecular formula is C12H16ClFO2. The Balaban J connectivity index is 3.10. The van der Waals surface area contributed by atoms with Gasteiger partial charge >= 0.3 is 0 Å². The molecule has 0 radical (unpaired) electrons. The normalized spacial score (nSPS) is 12.3. The molecule has 0 aliphatic rings. The van der Waals surface area contributed by atoms with Gasteiger partial charge in [-0.2, -0.15) is 0 Å². The van der Waals surface area contributed by atoms with Crippen molar-refractivity contribution in [3.63, 3.8) is 0 Å². The molecule has 1 rings (SSSR count). The van der Waals surface area contributed by atoms with Crippen molar-refractivity contribution in [2.75, 3.05) is 20.1 Å². The van der Waals surface area contributed by atoms with Gasteiger partial charge in [-0.3, -0.25) is 0 Å². The van der Waals surface area contributed by atoms with Crippen molar-refractivity contribution in [1.29, 1.82) is 0 Å². The zero-order valence-corrected chi connectivity index (χ0v) is 10.5. The van der Waals surface area contributed by atoms with E-state index in [-0.39, 0.29) is 11.7 Å². The molecule has 0 aliphatic carbocycles. The second kappa shape index (κ2) is 5.94. The highest BCUT2D eigenvalue weighted by atomic mass is 35.5. The summed E-state index contributed by atoms with van der Waals surface area (Å²) >= 11 is 5.65. The molecule has 1 aromatic carbocycles. The molecule has 0 saturated heterocycles. The van der Waals surface area contributed by atoms with Gasteiger partial charge in [0.1, 0.15) is 5.82 Å². The lowest BCUT2D eigenvalue weighted by atomic mass is 9.97. The van der Waals surface area contributed by atoms with Gasteiger partial charge in [-0.15, -0.1) is 11.6 Å². The summed E-state index contributed by atoms with van der Waals surface area (Å²) in [5.41, 5.74) is 0.610. The van der Waals surface area contributed by atoms with Gasteiger partial charge in [0.05, 0.1) is 14.2 Å². The average molecular weight is 247 g/mol. The van der Waals surface area contributed by atoms with Crippen molar-refractivity contribution in [1.82, 2.24) is 0 Å². The summed E-state index contributed by atoms with van der Waals surface area (Å²) in [7, 11) is 3.02. The van der Waals surface area contributed by atoms with E-state index in [1.165, 1.54) is 20.3 Å². The summed E-state index contributed by atoms with van der Waals surface area (Å²) in [6.45, 7) is 1.94. The third-order valence-electron chi connectivity index (χ3n) is 2.58. The van der Waals surface area contributed by atoms with E-state index >= 15 is 0 Å². The van der Waals surface area contributed by atoms with Gasteiger partial charge in [0.15, 0.2) is 11.5 Å². The van der Waals surface area contributed by atoms with Crippen LogP contribution in [0.15, 0.2) is 12.1 Å². The molecule has 4 heteroatoms. The topological polar surface area (TPSA) is 18.5 Å². The number of methoxy groups -OCH3 is 2. The van der Waals surface area contributed by atoms with Gasteiger partial charge in [-0.1, -0.05) is 6.92 Å². The Hall–Kier alpha value is -0.960. The molecule has 16 heavy (non-hydrogen) atoms. The number of hydrogen-bond donors (Lipinski definition) is 0. The van der Waals surface area contributed by atoms with Crippen LogP contribution >= 0.6 is 11.6 Å². The van der Waals surface area contributed by atoms with E-state index in [9.17, 15) is 4.39 Å². The number of ether oxygens (including phenoxy) is 2. The van der Waals surface area contributed by atoms with Crippen molar-refractivity contribution in [3.8, 4) is 11.5 Å². The molecule has 0 N–H and O–H groups in total. The van der Waals surface area contributed by atoms with Crippen LogP contribution in [0.1, 0.15) is 24.8 Å². The van der Waals surface area contributed by atoms with Crippen molar-refractivity contribution >= 4 is 11.6 Å². The molecule has 0 saturated carbocycles. The van der Waals surface area contributed by atoms with Crippen LogP contribution in [0.3, 0.4) is 0 Å². The number of benzene rings is 1. The molecule has 90 valence electrons. The maximum atomic E-state index is 13.7. The SMILES string of the molecule is COc1cc(F)c(C(C)CCCl)cc1OC. The monoisotopic (exact) mass is 246 g/mol. The Labute approximate surface area is 100 Å². The highest BCUT2D eigenvalue weighted by molar-refractivity contribution is 6.17. The minimum Gasteiger partial charge on any atom is -0.493 e. The predicted molar refractivity (Wildman–Crippen MR) is 63.3 cm³/mol. The fourth-order valence-electron chi connectivity index (χ4n) is 1.57. The Morgan fingerprint density at radius 3 is 2.31 bits per heavy atom. The summed E-state index contributed by atoms with van der Waals surface area (Å²) in [4.78, 5) is 0. The minimum atomic E-state index is -0.282. The lowest BCUT2D eigenvalue weighted by Crippen LogP contribution is -2.01. The summed E-state index contributed by atoms with van der Waals surface area (Å²) < 4.78 is 23.9. The van der Waals surface area contributed by atoms with E-state index in [0.717, 1.165) is 6.42 Å². The number of hydrogen-bond acceptors (Lipinski definition) is 2. The molecule has 0 aliphatic heterocycles. The third kappa shape index (κ3) is 2.79. The Kier molecular flexibility index (Phi) is 4.87. The van der Waals surface area contributed by atoms with E-state index < -0.39 is 0 Å². The first-order chi connectivity index (χ1) is 7.63. The first-order valence-electron chi connectivity index (χ1n) is 5.11. The zero-order valence-electron chi connectivity index (χ0n) is 9.72. The van der Waals surface area contributed by atoms with E-state index in [2.05, 4.69) is 0 Å². The van der Waals surface area contributed by atoms with Crippen molar-refractivity contribution in [3.05, 3.63) is 23.5 Å². The second-order valence-corrected chi connectivity index (χ2v) is 3.99. The Morgan fingerprint density at radius 1 is 1.25 bits per heavy atom. The molecule has 0 amide bonds. The standard InChI is InChI=1S/C12H16ClFO2/c1-8(4-5-13)9-6-11(15-2)12(16-3)7-10(9)14/h6-8H,4-5H2,1-3H3. The number of halogens is 2. The molecule has 1 unspecified atom stereocenters. The highest BCUT2D eigenvalue weighted by Gasteiger charge is 2.15. The van der Waals surface area contributed by atoms with Gasteiger partial charge < -0.3 is 9.47 Å². The predicted octanol–water partition coefficient (Wildman–Crippen LogP) is 3.58. The molecule has 2 nitrogen and oxygen atoms in total. The van der Waals surface area contributed by atoms with Crippen LogP contribution < -0.4 is 9.47 Å². The zero-order chi connectivity index (χ0) is 12.1. The van der Waals surface area contributed by atoms with Crippen LogP contribution in [-0.2, 0) is 0 Å². The maximum Gasteiger partial charge on any atom is 0.163 e. The third-order valence-corrected chi connectivity index (χ3v) is 2.79. The highest BCUT2D eigenvalue weighted by Crippen LogP contribution is 2.34. The smallest absolute Gasteiger partial charge is 0.163 e. The molecule has 1 aromatic rings. The van der Waals surface area contributed by atoms with Crippen LogP contribution in [0.5, 0.6) is 11.5 Å². The van der Waals surface area contributed by atoms with Crippen LogP contribution in [0.4, 0.5) is 4.39 Å². The van der Waals surface area contributed by atoms with Crippen LogP contribution in [0.2, 0.25) is 0 Å².